The third-order valence-corrected chi connectivity index (χ3v) is 6.39. The number of ether oxygens (including phenoxy) is 1. The Bertz CT molecular complexity index is 1130. The minimum Gasteiger partial charge on any atom is -0.497 e. The summed E-state index contributed by atoms with van der Waals surface area (Å²) in [5, 5.41) is 13.9. The van der Waals surface area contributed by atoms with Crippen molar-refractivity contribution in [3.8, 4) is 28.7 Å². The van der Waals surface area contributed by atoms with Crippen LogP contribution < -0.4 is 4.74 Å². The van der Waals surface area contributed by atoms with Gasteiger partial charge >= 0.3 is 0 Å². The lowest BCUT2D eigenvalue weighted by molar-refractivity contribution is 0.337. The molecule has 1 fully saturated rings. The third-order valence-electron chi connectivity index (χ3n) is 5.47. The molecule has 1 aromatic carbocycles. The van der Waals surface area contributed by atoms with Gasteiger partial charge in [-0.05, 0) is 37.1 Å². The number of hydrogen-bond donors (Lipinski definition) is 0. The summed E-state index contributed by atoms with van der Waals surface area (Å²) in [6.45, 7) is 0. The SMILES string of the molecule is COc1cccc(-c2noc(CSc3nnc(-c4ccco4)n3C3CCCCC3)n2)c1. The van der Waals surface area contributed by atoms with E-state index in [1.54, 1.807) is 25.1 Å². The van der Waals surface area contributed by atoms with Crippen LogP contribution in [0.1, 0.15) is 44.0 Å². The summed E-state index contributed by atoms with van der Waals surface area (Å²) in [4.78, 5) is 4.54. The third kappa shape index (κ3) is 4.23. The summed E-state index contributed by atoms with van der Waals surface area (Å²) in [7, 11) is 1.64. The van der Waals surface area contributed by atoms with Gasteiger partial charge in [0.05, 0.1) is 19.1 Å². The molecule has 3 aromatic heterocycles. The largest absolute Gasteiger partial charge is 0.497 e. The second kappa shape index (κ2) is 8.97. The smallest absolute Gasteiger partial charge is 0.237 e. The van der Waals surface area contributed by atoms with Crippen LogP contribution in [-0.4, -0.2) is 32.0 Å². The maximum Gasteiger partial charge on any atom is 0.237 e. The van der Waals surface area contributed by atoms with Crippen LogP contribution in [0.4, 0.5) is 0 Å². The van der Waals surface area contributed by atoms with Gasteiger partial charge in [0.1, 0.15) is 5.75 Å². The van der Waals surface area contributed by atoms with Crippen molar-refractivity contribution in [2.24, 2.45) is 0 Å². The van der Waals surface area contributed by atoms with E-state index in [0.29, 0.717) is 23.5 Å². The molecule has 0 unspecified atom stereocenters. The van der Waals surface area contributed by atoms with Gasteiger partial charge in [-0.15, -0.1) is 10.2 Å². The molecule has 0 aliphatic heterocycles. The molecular formula is C22H23N5O3S. The van der Waals surface area contributed by atoms with Gasteiger partial charge in [0.15, 0.2) is 10.9 Å². The minimum atomic E-state index is 0.376. The number of hydrogen-bond acceptors (Lipinski definition) is 8. The first kappa shape index (κ1) is 19.9. The van der Waals surface area contributed by atoms with E-state index in [4.69, 9.17) is 13.7 Å². The average molecular weight is 438 g/mol. The lowest BCUT2D eigenvalue weighted by Crippen LogP contribution is -2.15. The number of aromatic nitrogens is 5. The zero-order valence-corrected chi connectivity index (χ0v) is 18.0. The van der Waals surface area contributed by atoms with Crippen molar-refractivity contribution in [1.29, 1.82) is 0 Å². The number of rotatable bonds is 7. The molecule has 0 N–H and O–H groups in total. The molecule has 0 radical (unpaired) electrons. The average Bonchev–Trinajstić information content (AvgIpc) is 3.59. The lowest BCUT2D eigenvalue weighted by Gasteiger charge is -2.25. The standard InChI is InChI=1S/C22H23N5O3S/c1-28-17-10-5-7-15(13-17)20-23-19(30-26-20)14-31-22-25-24-21(18-11-6-12-29-18)27(22)16-8-3-2-4-9-16/h5-7,10-13,16H,2-4,8-9,14H2,1H3. The molecule has 4 aromatic rings. The highest BCUT2D eigenvalue weighted by Crippen LogP contribution is 2.36. The van der Waals surface area contributed by atoms with Crippen LogP contribution in [0.3, 0.4) is 0 Å². The van der Waals surface area contributed by atoms with Crippen molar-refractivity contribution >= 4 is 11.8 Å². The van der Waals surface area contributed by atoms with Gasteiger partial charge in [0, 0.05) is 11.6 Å². The Labute approximate surface area is 184 Å². The Morgan fingerprint density at radius 2 is 2.03 bits per heavy atom. The highest BCUT2D eigenvalue weighted by atomic mass is 32.2. The highest BCUT2D eigenvalue weighted by Gasteiger charge is 2.25. The van der Waals surface area contributed by atoms with Crippen LogP contribution in [0, 0.1) is 0 Å². The van der Waals surface area contributed by atoms with E-state index in [1.165, 1.54) is 19.3 Å². The van der Waals surface area contributed by atoms with Gasteiger partial charge in [-0.1, -0.05) is 48.3 Å². The molecule has 1 aliphatic carbocycles. The van der Waals surface area contributed by atoms with E-state index in [1.807, 2.05) is 36.4 Å². The molecule has 31 heavy (non-hydrogen) atoms. The molecule has 0 spiro atoms. The summed E-state index contributed by atoms with van der Waals surface area (Å²) >= 11 is 1.55. The molecule has 0 atom stereocenters. The number of thioether (sulfide) groups is 1. The van der Waals surface area contributed by atoms with Gasteiger partial charge in [-0.3, -0.25) is 4.57 Å². The van der Waals surface area contributed by atoms with Gasteiger partial charge in [-0.2, -0.15) is 4.98 Å². The van der Waals surface area contributed by atoms with Crippen molar-refractivity contribution in [3.05, 3.63) is 48.6 Å². The zero-order valence-electron chi connectivity index (χ0n) is 17.2. The number of methoxy groups -OCH3 is 1. The highest BCUT2D eigenvalue weighted by molar-refractivity contribution is 7.98. The van der Waals surface area contributed by atoms with Gasteiger partial charge in [0.25, 0.3) is 0 Å². The molecule has 0 amide bonds. The quantitative estimate of drug-likeness (QED) is 0.355. The van der Waals surface area contributed by atoms with E-state index in [-0.39, 0.29) is 0 Å². The van der Waals surface area contributed by atoms with Gasteiger partial charge < -0.3 is 13.7 Å². The predicted octanol–water partition coefficient (Wildman–Crippen LogP) is 5.39. The molecule has 1 saturated carbocycles. The van der Waals surface area contributed by atoms with E-state index < -0.39 is 0 Å². The van der Waals surface area contributed by atoms with E-state index >= 15 is 0 Å². The molecule has 0 saturated heterocycles. The van der Waals surface area contributed by atoms with Crippen molar-refractivity contribution in [2.45, 2.75) is 49.1 Å². The molecule has 9 heteroatoms. The lowest BCUT2D eigenvalue weighted by atomic mass is 9.95. The van der Waals surface area contributed by atoms with Crippen molar-refractivity contribution in [3.63, 3.8) is 0 Å². The van der Waals surface area contributed by atoms with Crippen LogP contribution in [0.5, 0.6) is 5.75 Å². The van der Waals surface area contributed by atoms with Crippen molar-refractivity contribution < 1.29 is 13.7 Å². The number of benzene rings is 1. The van der Waals surface area contributed by atoms with E-state index in [0.717, 1.165) is 40.9 Å². The summed E-state index contributed by atoms with van der Waals surface area (Å²) < 4.78 is 18.6. The molecular weight excluding hydrogens is 414 g/mol. The second-order valence-electron chi connectivity index (χ2n) is 7.48. The Morgan fingerprint density at radius 1 is 1.13 bits per heavy atom. The maximum absolute atomic E-state index is 5.61. The minimum absolute atomic E-state index is 0.376. The molecule has 5 rings (SSSR count). The van der Waals surface area contributed by atoms with Crippen molar-refractivity contribution in [1.82, 2.24) is 24.9 Å². The first-order valence-corrected chi connectivity index (χ1v) is 11.4. The molecule has 8 nitrogen and oxygen atoms in total. The first-order chi connectivity index (χ1) is 15.3. The van der Waals surface area contributed by atoms with Crippen LogP contribution in [0.15, 0.2) is 56.8 Å². The van der Waals surface area contributed by atoms with Crippen molar-refractivity contribution in [2.75, 3.05) is 7.11 Å². The summed E-state index contributed by atoms with van der Waals surface area (Å²) in [5.74, 6) is 3.87. The normalized spacial score (nSPS) is 14.7. The monoisotopic (exact) mass is 437 g/mol. The second-order valence-corrected chi connectivity index (χ2v) is 8.42. The van der Waals surface area contributed by atoms with E-state index in [9.17, 15) is 0 Å². The van der Waals surface area contributed by atoms with Crippen LogP contribution in [0.25, 0.3) is 23.0 Å². The molecule has 0 bridgehead atoms. The topological polar surface area (TPSA) is 92.0 Å². The fourth-order valence-electron chi connectivity index (χ4n) is 3.94. The summed E-state index contributed by atoms with van der Waals surface area (Å²) in [5.41, 5.74) is 0.852. The van der Waals surface area contributed by atoms with E-state index in [2.05, 4.69) is 24.9 Å². The Morgan fingerprint density at radius 3 is 2.84 bits per heavy atom. The Balaban J connectivity index is 1.36. The molecule has 3 heterocycles. The number of nitrogens with zero attached hydrogens (tertiary/aromatic N) is 5. The fraction of sp³-hybridized carbons (Fsp3) is 0.364. The van der Waals surface area contributed by atoms with Gasteiger partial charge in [-0.25, -0.2) is 0 Å². The predicted molar refractivity (Wildman–Crippen MR) is 116 cm³/mol. The maximum atomic E-state index is 5.61. The van der Waals surface area contributed by atoms with Gasteiger partial charge in [0.2, 0.25) is 17.5 Å². The summed E-state index contributed by atoms with van der Waals surface area (Å²) in [6.07, 6.45) is 7.64. The molecule has 160 valence electrons. The van der Waals surface area contributed by atoms with Crippen LogP contribution in [0.2, 0.25) is 0 Å². The first-order valence-electron chi connectivity index (χ1n) is 10.4. The fourth-order valence-corrected chi connectivity index (χ4v) is 4.78. The number of furan rings is 1. The summed E-state index contributed by atoms with van der Waals surface area (Å²) in [6, 6.07) is 11.8. The Kier molecular flexibility index (Phi) is 5.75. The Hall–Kier alpha value is -3.07. The van der Waals surface area contributed by atoms with Crippen LogP contribution >= 0.6 is 11.8 Å². The van der Waals surface area contributed by atoms with Crippen LogP contribution in [-0.2, 0) is 5.75 Å². The zero-order chi connectivity index (χ0) is 21.0. The molecule has 1 aliphatic rings.